The zero-order valence-electron chi connectivity index (χ0n) is 28.8. The average Bonchev–Trinajstić information content (AvgIpc) is 3.00. The average molecular weight is 656 g/mol. The maximum Gasteiger partial charge on any atom is 0.267 e. The molecule has 4 N–H and O–H groups in total. The molecule has 0 bridgehead atoms. The Kier molecular flexibility index (Phi) is 30.1. The third-order valence-corrected chi connectivity index (χ3v) is 8.94. The number of rotatable bonds is 32. The van der Waals surface area contributed by atoms with Gasteiger partial charge in [0.15, 0.2) is 0 Å². The van der Waals surface area contributed by atoms with Gasteiger partial charge in [-0.2, -0.15) is 8.42 Å². The van der Waals surface area contributed by atoms with E-state index in [1.165, 1.54) is 96.0 Å². The minimum atomic E-state index is -4.45. The summed E-state index contributed by atoms with van der Waals surface area (Å²) in [6, 6.07) is -1.25. The van der Waals surface area contributed by atoms with Crippen LogP contribution in [-0.4, -0.2) is 53.1 Å². The molecule has 0 aromatic rings. The fraction of sp³-hybridized carbons (Fsp3) is 0.811. The van der Waals surface area contributed by atoms with Crippen molar-refractivity contribution in [2.45, 2.75) is 186 Å². The molecule has 0 aliphatic heterocycles. The number of aliphatic hydroxyl groups is 2. The van der Waals surface area contributed by atoms with Gasteiger partial charge in [0.05, 0.1) is 17.9 Å². The Bertz CT molecular complexity index is 870. The van der Waals surface area contributed by atoms with E-state index in [1.807, 2.05) is 0 Å². The highest BCUT2D eigenvalue weighted by Crippen LogP contribution is 2.13. The molecule has 1 amide bonds. The Labute approximate surface area is 277 Å². The second-order valence-electron chi connectivity index (χ2n) is 12.6. The van der Waals surface area contributed by atoms with Gasteiger partial charge in [0.2, 0.25) is 5.91 Å². The van der Waals surface area contributed by atoms with Crippen LogP contribution in [0, 0.1) is 0 Å². The van der Waals surface area contributed by atoms with E-state index in [1.54, 1.807) is 6.08 Å². The van der Waals surface area contributed by atoms with Gasteiger partial charge in [0, 0.05) is 0 Å². The van der Waals surface area contributed by atoms with E-state index in [4.69, 9.17) is 0 Å². The van der Waals surface area contributed by atoms with E-state index in [0.717, 1.165) is 44.9 Å². The molecule has 0 heterocycles. The highest BCUT2D eigenvalue weighted by molar-refractivity contribution is 7.85. The van der Waals surface area contributed by atoms with E-state index in [-0.39, 0.29) is 6.42 Å². The Morgan fingerprint density at radius 2 is 1.00 bits per heavy atom. The number of carbonyl (C=O) groups excluding carboxylic acids is 1. The lowest BCUT2D eigenvalue weighted by molar-refractivity contribution is -0.130. The molecule has 0 radical (unpaired) electrons. The fourth-order valence-corrected chi connectivity index (χ4v) is 6.04. The van der Waals surface area contributed by atoms with Crippen molar-refractivity contribution in [3.8, 4) is 0 Å². The van der Waals surface area contributed by atoms with Crippen LogP contribution in [-0.2, 0) is 14.9 Å². The van der Waals surface area contributed by atoms with Crippen molar-refractivity contribution < 1.29 is 28.0 Å². The molecule has 7 nitrogen and oxygen atoms in total. The molecule has 3 unspecified atom stereocenters. The van der Waals surface area contributed by atoms with Crippen molar-refractivity contribution >= 4 is 16.0 Å². The molecule has 45 heavy (non-hydrogen) atoms. The molecule has 0 rings (SSSR count). The van der Waals surface area contributed by atoms with Crippen LogP contribution in [0.5, 0.6) is 0 Å². The fourth-order valence-electron chi connectivity index (χ4n) is 5.31. The van der Waals surface area contributed by atoms with Crippen LogP contribution in [0.1, 0.15) is 168 Å². The first-order chi connectivity index (χ1) is 21.7. The molecule has 3 atom stereocenters. The van der Waals surface area contributed by atoms with Crippen molar-refractivity contribution in [3.63, 3.8) is 0 Å². The number of carbonyl (C=O) groups is 1. The Morgan fingerprint density at radius 1 is 0.600 bits per heavy atom. The van der Waals surface area contributed by atoms with Crippen LogP contribution in [0.4, 0.5) is 0 Å². The van der Waals surface area contributed by atoms with Gasteiger partial charge in [-0.3, -0.25) is 9.35 Å². The lowest BCUT2D eigenvalue weighted by Crippen LogP contribution is -2.50. The zero-order valence-corrected chi connectivity index (χ0v) is 29.7. The van der Waals surface area contributed by atoms with E-state index >= 15 is 0 Å². The quantitative estimate of drug-likeness (QED) is 0.0326. The summed E-state index contributed by atoms with van der Waals surface area (Å²) in [4.78, 5) is 12.5. The molecule has 0 fully saturated rings. The van der Waals surface area contributed by atoms with Crippen LogP contribution >= 0.6 is 0 Å². The van der Waals surface area contributed by atoms with Crippen molar-refractivity contribution in [2.75, 3.05) is 5.75 Å². The van der Waals surface area contributed by atoms with E-state index < -0.39 is 40.0 Å². The minimum Gasteiger partial charge on any atom is -0.387 e. The van der Waals surface area contributed by atoms with Crippen LogP contribution < -0.4 is 5.32 Å². The molecular weight excluding hydrogens is 586 g/mol. The van der Waals surface area contributed by atoms with Gasteiger partial charge in [-0.15, -0.1) is 0 Å². The lowest BCUT2D eigenvalue weighted by Gasteiger charge is -2.22. The van der Waals surface area contributed by atoms with Crippen molar-refractivity contribution in [3.05, 3.63) is 36.5 Å². The van der Waals surface area contributed by atoms with Gasteiger partial charge in [-0.05, 0) is 44.9 Å². The Balaban J connectivity index is 4.20. The number of aliphatic hydroxyl groups excluding tert-OH is 2. The van der Waals surface area contributed by atoms with Crippen LogP contribution in [0.3, 0.4) is 0 Å². The first kappa shape index (κ1) is 43.5. The molecule has 0 saturated carbocycles. The molecule has 0 aromatic heterocycles. The summed E-state index contributed by atoms with van der Waals surface area (Å²) in [6.45, 7) is 4.46. The highest BCUT2D eigenvalue weighted by atomic mass is 32.2. The first-order valence-electron chi connectivity index (χ1n) is 18.3. The first-order valence-corrected chi connectivity index (χ1v) is 19.9. The SMILES string of the molecule is CCCCCCCCCC/C=C/CC/C=C/CC/C=C/C(O)C(CS(=O)(=O)O)NC(=O)C(O)CCCCCCCCCCCC. The minimum absolute atomic E-state index is 0.272. The third kappa shape index (κ3) is 30.9. The van der Waals surface area contributed by atoms with E-state index in [0.29, 0.717) is 12.8 Å². The monoisotopic (exact) mass is 655 g/mol. The number of amides is 1. The summed E-state index contributed by atoms with van der Waals surface area (Å²) in [5.74, 6) is -1.57. The summed E-state index contributed by atoms with van der Waals surface area (Å²) in [7, 11) is -4.45. The van der Waals surface area contributed by atoms with E-state index in [9.17, 15) is 28.0 Å². The molecule has 0 saturated heterocycles. The predicted molar refractivity (Wildman–Crippen MR) is 190 cm³/mol. The van der Waals surface area contributed by atoms with Gasteiger partial charge in [0.1, 0.15) is 6.10 Å². The van der Waals surface area contributed by atoms with Gasteiger partial charge in [-0.1, -0.05) is 159 Å². The van der Waals surface area contributed by atoms with Gasteiger partial charge in [0.25, 0.3) is 10.1 Å². The molecule has 264 valence electrons. The van der Waals surface area contributed by atoms with Crippen LogP contribution in [0.25, 0.3) is 0 Å². The molecule has 0 aliphatic rings. The highest BCUT2D eigenvalue weighted by Gasteiger charge is 2.27. The molecule has 0 spiro atoms. The van der Waals surface area contributed by atoms with Crippen LogP contribution in [0.15, 0.2) is 36.5 Å². The van der Waals surface area contributed by atoms with Gasteiger partial charge < -0.3 is 15.5 Å². The normalized spacial score (nSPS) is 14.5. The standard InChI is InChI=1S/C37H69NO6S/c1-3-5-7-9-11-13-15-16-17-18-19-20-21-22-24-25-27-29-31-35(39)34(33-45(42,43)44)38-37(41)36(40)32-30-28-26-23-14-12-10-8-6-4-2/h18-19,22,24,29,31,34-36,39-40H,3-17,20-21,23,25-28,30,32-33H2,1-2H3,(H,38,41)(H,42,43,44)/b19-18+,24-22+,31-29+. The summed E-state index contributed by atoms with van der Waals surface area (Å²) in [5.41, 5.74) is 0. The van der Waals surface area contributed by atoms with Crippen LogP contribution in [0.2, 0.25) is 0 Å². The summed E-state index contributed by atoms with van der Waals surface area (Å²) < 4.78 is 32.3. The number of hydrogen-bond donors (Lipinski definition) is 4. The summed E-state index contributed by atoms with van der Waals surface area (Å²) >= 11 is 0. The third-order valence-electron chi connectivity index (χ3n) is 8.15. The largest absolute Gasteiger partial charge is 0.387 e. The second kappa shape index (κ2) is 31.1. The van der Waals surface area contributed by atoms with E-state index in [2.05, 4.69) is 43.5 Å². The Hall–Kier alpha value is -1.48. The smallest absolute Gasteiger partial charge is 0.267 e. The van der Waals surface area contributed by atoms with Crippen molar-refractivity contribution in [1.82, 2.24) is 5.32 Å². The van der Waals surface area contributed by atoms with Crippen molar-refractivity contribution in [1.29, 1.82) is 0 Å². The molecule has 8 heteroatoms. The topological polar surface area (TPSA) is 124 Å². The summed E-state index contributed by atoms with van der Waals surface area (Å²) in [5, 5.41) is 23.2. The predicted octanol–water partition coefficient (Wildman–Crippen LogP) is 9.15. The zero-order chi connectivity index (χ0) is 33.4. The van der Waals surface area contributed by atoms with Crippen molar-refractivity contribution in [2.24, 2.45) is 0 Å². The van der Waals surface area contributed by atoms with Gasteiger partial charge >= 0.3 is 0 Å². The Morgan fingerprint density at radius 3 is 1.47 bits per heavy atom. The maximum absolute atomic E-state index is 12.5. The lowest BCUT2D eigenvalue weighted by atomic mass is 10.0. The summed E-state index contributed by atoms with van der Waals surface area (Å²) in [6.07, 6.45) is 36.4. The number of nitrogens with one attached hydrogen (secondary N) is 1. The second-order valence-corrected chi connectivity index (χ2v) is 14.1. The molecule has 0 aliphatic carbocycles. The molecular formula is C37H69NO6S. The maximum atomic E-state index is 12.5. The number of hydrogen-bond acceptors (Lipinski definition) is 5. The number of unbranched alkanes of at least 4 members (excludes halogenated alkanes) is 19. The van der Waals surface area contributed by atoms with Gasteiger partial charge in [-0.25, -0.2) is 0 Å². The number of allylic oxidation sites excluding steroid dienone is 5. The molecule has 0 aromatic carbocycles.